The molecule has 0 aliphatic carbocycles. The first-order valence-electron chi connectivity index (χ1n) is 7.99. The number of phenolic OH excluding ortho intramolecular Hbond substituents is 1. The van der Waals surface area contributed by atoms with E-state index in [0.29, 0.717) is 0 Å². The fourth-order valence-electron chi connectivity index (χ4n) is 3.72. The van der Waals surface area contributed by atoms with Crippen molar-refractivity contribution in [2.24, 2.45) is 0 Å². The van der Waals surface area contributed by atoms with Gasteiger partial charge in [0.2, 0.25) is 0 Å². The van der Waals surface area contributed by atoms with Crippen LogP contribution in [0.3, 0.4) is 0 Å². The second kappa shape index (κ2) is 5.48. The maximum Gasteiger partial charge on any atom is 0.116 e. The predicted octanol–water partition coefficient (Wildman–Crippen LogP) is 7.26. The van der Waals surface area contributed by atoms with E-state index in [9.17, 15) is 5.11 Å². The molecule has 0 saturated carbocycles. The van der Waals surface area contributed by atoms with Gasteiger partial charge in [0.25, 0.3) is 0 Å². The lowest BCUT2D eigenvalue weighted by atomic mass is 9.94. The normalized spacial score (nSPS) is 11.8. The molecule has 0 fully saturated rings. The smallest absolute Gasteiger partial charge is 0.116 e. The third-order valence-corrected chi connectivity index (χ3v) is 6.69. The largest absolute Gasteiger partial charge is 0.508 e. The van der Waals surface area contributed by atoms with Crippen LogP contribution in [0, 0.1) is 3.57 Å². The van der Waals surface area contributed by atoms with Gasteiger partial charge in [-0.25, -0.2) is 0 Å². The summed E-state index contributed by atoms with van der Waals surface area (Å²) in [6, 6.07) is 22.4. The Kier molecular flexibility index (Phi) is 3.34. The van der Waals surface area contributed by atoms with Crippen molar-refractivity contribution in [2.45, 2.75) is 0 Å². The number of fused-ring (bicyclic) bond motifs is 7. The van der Waals surface area contributed by atoms with E-state index in [4.69, 9.17) is 11.6 Å². The fraction of sp³-hybridized carbons (Fsp3) is 0. The summed E-state index contributed by atoms with van der Waals surface area (Å²) in [6.45, 7) is 0. The Bertz CT molecular complexity index is 1320. The van der Waals surface area contributed by atoms with Crippen LogP contribution in [0.1, 0.15) is 0 Å². The van der Waals surface area contributed by atoms with Crippen molar-refractivity contribution in [3.05, 3.63) is 75.3 Å². The number of hydrogen-bond donors (Lipinski definition) is 1. The molecule has 0 heterocycles. The predicted molar refractivity (Wildman–Crippen MR) is 116 cm³/mol. The van der Waals surface area contributed by atoms with E-state index in [1.165, 1.54) is 16.2 Å². The van der Waals surface area contributed by atoms with E-state index in [2.05, 4.69) is 71.1 Å². The van der Waals surface area contributed by atoms with Crippen molar-refractivity contribution in [3.8, 4) is 5.75 Å². The van der Waals surface area contributed by atoms with Gasteiger partial charge in [-0.05, 0) is 78.5 Å². The van der Waals surface area contributed by atoms with Gasteiger partial charge in [-0.2, -0.15) is 0 Å². The maximum absolute atomic E-state index is 9.97. The topological polar surface area (TPSA) is 20.2 Å². The first-order valence-corrected chi connectivity index (χ1v) is 9.45. The highest BCUT2D eigenvalue weighted by molar-refractivity contribution is 14.1. The summed E-state index contributed by atoms with van der Waals surface area (Å²) < 4.78 is 1.02. The Morgan fingerprint density at radius 3 is 2.24 bits per heavy atom. The van der Waals surface area contributed by atoms with Crippen LogP contribution in [0.5, 0.6) is 5.75 Å². The summed E-state index contributed by atoms with van der Waals surface area (Å²) in [7, 11) is 0. The van der Waals surface area contributed by atoms with Crippen molar-refractivity contribution in [3.63, 3.8) is 0 Å². The molecule has 0 aliphatic heterocycles. The molecule has 3 heteroatoms. The average molecular weight is 455 g/mol. The first kappa shape index (κ1) is 15.2. The van der Waals surface area contributed by atoms with Gasteiger partial charge >= 0.3 is 0 Å². The number of aromatic hydroxyl groups is 1. The number of phenols is 1. The number of halogens is 2. The molecule has 0 bridgehead atoms. The van der Waals surface area contributed by atoms with Gasteiger partial charge in [-0.15, -0.1) is 0 Å². The van der Waals surface area contributed by atoms with Crippen LogP contribution >= 0.6 is 34.2 Å². The number of rotatable bonds is 0. The fourth-order valence-corrected chi connectivity index (χ4v) is 4.77. The summed E-state index contributed by atoms with van der Waals surface area (Å²) >= 11 is 9.10. The molecule has 25 heavy (non-hydrogen) atoms. The zero-order valence-corrected chi connectivity index (χ0v) is 16.0. The minimum Gasteiger partial charge on any atom is -0.508 e. The summed E-state index contributed by atoms with van der Waals surface area (Å²) in [5.41, 5.74) is 0. The van der Waals surface area contributed by atoms with Gasteiger partial charge in [0, 0.05) is 8.96 Å². The van der Waals surface area contributed by atoms with E-state index in [1.807, 2.05) is 12.1 Å². The van der Waals surface area contributed by atoms with Crippen LogP contribution in [0.15, 0.2) is 66.7 Å². The van der Waals surface area contributed by atoms with Crippen molar-refractivity contribution in [1.82, 2.24) is 0 Å². The van der Waals surface area contributed by atoms with Crippen LogP contribution < -0.4 is 0 Å². The van der Waals surface area contributed by atoms with Crippen LogP contribution in [0.4, 0.5) is 0 Å². The molecule has 5 aromatic rings. The van der Waals surface area contributed by atoms with E-state index in [-0.39, 0.29) is 5.75 Å². The van der Waals surface area contributed by atoms with Crippen LogP contribution in [0.25, 0.3) is 43.1 Å². The molecule has 120 valence electrons. The van der Waals surface area contributed by atoms with Crippen molar-refractivity contribution in [2.75, 3.05) is 0 Å². The molecule has 0 aromatic heterocycles. The van der Waals surface area contributed by atoms with E-state index in [0.717, 1.165) is 35.5 Å². The third-order valence-electron chi connectivity index (χ3n) is 4.87. The third kappa shape index (κ3) is 2.14. The highest BCUT2D eigenvalue weighted by atomic mass is 127. The molecule has 1 nitrogen and oxygen atoms in total. The minimum atomic E-state index is 0.269. The van der Waals surface area contributed by atoms with Gasteiger partial charge in [-0.3, -0.25) is 0 Å². The summed E-state index contributed by atoms with van der Waals surface area (Å²) in [5, 5.41) is 19.7. The molecule has 0 radical (unpaired) electrons. The Hall–Kier alpha value is -2.04. The molecular weight excluding hydrogens is 443 g/mol. The summed E-state index contributed by atoms with van der Waals surface area (Å²) in [5.74, 6) is 0.269. The Balaban J connectivity index is 2.09. The second-order valence-electron chi connectivity index (χ2n) is 6.23. The molecule has 0 amide bonds. The quantitative estimate of drug-likeness (QED) is 0.193. The molecule has 0 atom stereocenters. The van der Waals surface area contributed by atoms with Gasteiger partial charge in [-0.1, -0.05) is 60.1 Å². The number of hydrogen-bond acceptors (Lipinski definition) is 1. The standard InChI is InChI=1S/C22H12ClIO/c23-21-20-16-7-5-12-3-1-2-4-14(12)15(16)9-10-17(20)19-11-13(25)6-8-18(19)22(21)24/h1-11,25H. The maximum atomic E-state index is 9.97. The van der Waals surface area contributed by atoms with Crippen LogP contribution in [-0.2, 0) is 0 Å². The minimum absolute atomic E-state index is 0.269. The molecule has 1 N–H and O–H groups in total. The van der Waals surface area contributed by atoms with Gasteiger partial charge in [0.05, 0.1) is 5.02 Å². The zero-order valence-electron chi connectivity index (χ0n) is 13.1. The van der Waals surface area contributed by atoms with Gasteiger partial charge in [0.15, 0.2) is 0 Å². The van der Waals surface area contributed by atoms with Crippen molar-refractivity contribution in [1.29, 1.82) is 0 Å². The van der Waals surface area contributed by atoms with Crippen LogP contribution in [-0.4, -0.2) is 5.11 Å². The van der Waals surface area contributed by atoms with Crippen LogP contribution in [0.2, 0.25) is 5.02 Å². The Labute approximate surface area is 163 Å². The lowest BCUT2D eigenvalue weighted by Crippen LogP contribution is -1.87. The number of benzene rings is 5. The lowest BCUT2D eigenvalue weighted by Gasteiger charge is -2.13. The molecule has 0 spiro atoms. The van der Waals surface area contributed by atoms with E-state index < -0.39 is 0 Å². The summed E-state index contributed by atoms with van der Waals surface area (Å²) in [4.78, 5) is 0. The molecule has 0 unspecified atom stereocenters. The van der Waals surface area contributed by atoms with Crippen molar-refractivity contribution >= 4 is 77.3 Å². The SMILES string of the molecule is Oc1ccc2c(I)c(Cl)c3c(ccc4c5ccccc5ccc43)c2c1. The molecule has 0 saturated heterocycles. The zero-order chi connectivity index (χ0) is 17.1. The molecular formula is C22H12ClIO. The highest BCUT2D eigenvalue weighted by Gasteiger charge is 2.15. The Morgan fingerprint density at radius 2 is 1.36 bits per heavy atom. The highest BCUT2D eigenvalue weighted by Crippen LogP contribution is 2.42. The molecule has 5 aromatic carbocycles. The molecule has 0 aliphatic rings. The van der Waals surface area contributed by atoms with E-state index in [1.54, 1.807) is 6.07 Å². The second-order valence-corrected chi connectivity index (χ2v) is 7.68. The first-order chi connectivity index (χ1) is 12.1. The van der Waals surface area contributed by atoms with Gasteiger partial charge < -0.3 is 5.11 Å². The van der Waals surface area contributed by atoms with Crippen molar-refractivity contribution < 1.29 is 5.11 Å². The van der Waals surface area contributed by atoms with Gasteiger partial charge in [0.1, 0.15) is 5.75 Å². The van der Waals surface area contributed by atoms with E-state index >= 15 is 0 Å². The average Bonchev–Trinajstić information content (AvgIpc) is 2.65. The lowest BCUT2D eigenvalue weighted by molar-refractivity contribution is 0.476. The summed E-state index contributed by atoms with van der Waals surface area (Å²) in [6.07, 6.45) is 0. The monoisotopic (exact) mass is 454 g/mol. The molecule has 5 rings (SSSR count). The Morgan fingerprint density at radius 1 is 0.680 bits per heavy atom.